The molecular weight excluding hydrogens is 392 g/mol. The number of pyridine rings is 1. The summed E-state index contributed by atoms with van der Waals surface area (Å²) in [6.45, 7) is 4.11. The molecule has 2 aromatic rings. The zero-order chi connectivity index (χ0) is 20.8. The fraction of sp³-hybridized carbons (Fsp3) is 0.350. The second-order valence-electron chi connectivity index (χ2n) is 6.71. The lowest BCUT2D eigenvalue weighted by Crippen LogP contribution is -2.32. The Hall–Kier alpha value is -3.07. The molecule has 1 aliphatic carbocycles. The lowest BCUT2D eigenvalue weighted by Gasteiger charge is -2.18. The Morgan fingerprint density at radius 2 is 2.07 bits per heavy atom. The minimum absolute atomic E-state index is 0.234. The molecule has 9 heteroatoms. The summed E-state index contributed by atoms with van der Waals surface area (Å²) in [4.78, 5) is 41.8. The van der Waals surface area contributed by atoms with Crippen LogP contribution in [0.5, 0.6) is 0 Å². The molecule has 1 unspecified atom stereocenters. The molecule has 0 saturated carbocycles. The number of aromatic nitrogens is 1. The Labute approximate surface area is 172 Å². The van der Waals surface area contributed by atoms with Crippen molar-refractivity contribution in [2.75, 3.05) is 11.9 Å². The van der Waals surface area contributed by atoms with Crippen LogP contribution < -0.4 is 10.7 Å². The smallest absolute Gasteiger partial charge is 0.341 e. The van der Waals surface area contributed by atoms with Crippen molar-refractivity contribution in [3.63, 3.8) is 0 Å². The molecule has 2 heterocycles. The summed E-state index contributed by atoms with van der Waals surface area (Å²) in [6, 6.07) is 3.41. The highest BCUT2D eigenvalue weighted by Gasteiger charge is 2.30. The van der Waals surface area contributed by atoms with E-state index in [0.29, 0.717) is 16.5 Å². The van der Waals surface area contributed by atoms with Gasteiger partial charge in [0.1, 0.15) is 5.00 Å². The van der Waals surface area contributed by atoms with E-state index >= 15 is 0 Å². The molecule has 0 saturated heterocycles. The highest BCUT2D eigenvalue weighted by Crippen LogP contribution is 2.40. The van der Waals surface area contributed by atoms with Gasteiger partial charge in [-0.05, 0) is 55.4 Å². The molecule has 0 aliphatic heterocycles. The highest BCUT2D eigenvalue weighted by molar-refractivity contribution is 7.17. The Morgan fingerprint density at radius 1 is 1.31 bits per heavy atom. The second kappa shape index (κ2) is 9.42. The van der Waals surface area contributed by atoms with Gasteiger partial charge in [0.25, 0.3) is 0 Å². The normalized spacial score (nSPS) is 15.6. The maximum atomic E-state index is 12.5. The number of thiophene rings is 1. The number of hydrazone groups is 1. The average molecular weight is 414 g/mol. The summed E-state index contributed by atoms with van der Waals surface area (Å²) in [5.41, 5.74) is 4.18. The first-order valence-corrected chi connectivity index (χ1v) is 10.2. The molecule has 2 amide bonds. The van der Waals surface area contributed by atoms with Crippen LogP contribution in [0.25, 0.3) is 0 Å². The first-order chi connectivity index (χ1) is 14.0. The van der Waals surface area contributed by atoms with Gasteiger partial charge >= 0.3 is 17.8 Å². The first kappa shape index (κ1) is 20.7. The summed E-state index contributed by atoms with van der Waals surface area (Å²) < 4.78 is 5.16. The molecule has 29 heavy (non-hydrogen) atoms. The van der Waals surface area contributed by atoms with Gasteiger partial charge in [0.15, 0.2) is 0 Å². The molecule has 1 aliphatic rings. The van der Waals surface area contributed by atoms with Crippen molar-refractivity contribution in [1.82, 2.24) is 10.4 Å². The van der Waals surface area contributed by atoms with Crippen LogP contribution in [0.15, 0.2) is 29.6 Å². The van der Waals surface area contributed by atoms with Crippen molar-refractivity contribution in [3.8, 4) is 0 Å². The number of amides is 2. The first-order valence-electron chi connectivity index (χ1n) is 9.35. The van der Waals surface area contributed by atoms with Crippen LogP contribution >= 0.6 is 11.3 Å². The van der Waals surface area contributed by atoms with Crippen molar-refractivity contribution in [3.05, 3.63) is 46.1 Å². The van der Waals surface area contributed by atoms with Crippen molar-refractivity contribution in [1.29, 1.82) is 0 Å². The molecule has 0 fully saturated rings. The molecule has 3 rings (SSSR count). The number of nitrogens with zero attached hydrogens (tertiary/aromatic N) is 2. The van der Waals surface area contributed by atoms with Crippen molar-refractivity contribution in [2.45, 2.75) is 33.1 Å². The van der Waals surface area contributed by atoms with Crippen LogP contribution in [-0.2, 0) is 27.2 Å². The number of carbonyl (C=O) groups excluding carboxylic acids is 3. The molecule has 2 N–H and O–H groups in total. The predicted octanol–water partition coefficient (Wildman–Crippen LogP) is 2.53. The predicted molar refractivity (Wildman–Crippen MR) is 110 cm³/mol. The minimum atomic E-state index is -0.926. The summed E-state index contributed by atoms with van der Waals surface area (Å²) in [7, 11) is 0. The Balaban J connectivity index is 1.72. The minimum Gasteiger partial charge on any atom is -0.462 e. The van der Waals surface area contributed by atoms with E-state index in [1.54, 1.807) is 31.5 Å². The zero-order valence-electron chi connectivity index (χ0n) is 16.2. The Bertz CT molecular complexity index is 939. The molecule has 1 atom stereocenters. The van der Waals surface area contributed by atoms with Gasteiger partial charge in [0.2, 0.25) is 0 Å². The van der Waals surface area contributed by atoms with Crippen LogP contribution in [0.4, 0.5) is 5.00 Å². The summed E-state index contributed by atoms with van der Waals surface area (Å²) in [5, 5.41) is 6.67. The zero-order valence-corrected chi connectivity index (χ0v) is 17.0. The molecule has 0 radical (unpaired) electrons. The van der Waals surface area contributed by atoms with Gasteiger partial charge in [-0.15, -0.1) is 11.3 Å². The summed E-state index contributed by atoms with van der Waals surface area (Å²) >= 11 is 1.33. The van der Waals surface area contributed by atoms with Gasteiger partial charge in [-0.1, -0.05) is 6.92 Å². The standard InChI is InChI=1S/C20H22N4O4S/c1-3-28-20(27)16-14-5-4-12(2)10-15(14)29-19(16)23-17(25)18(26)24-22-11-13-6-8-21-9-7-13/h6-9,11-12H,3-5,10H2,1-2H3,(H,23,25)(H,24,26). The number of hydrogen-bond donors (Lipinski definition) is 2. The molecule has 0 aromatic carbocycles. The molecule has 0 spiro atoms. The third-order valence-electron chi connectivity index (χ3n) is 4.51. The molecule has 152 valence electrons. The molecule has 8 nitrogen and oxygen atoms in total. The van der Waals surface area contributed by atoms with Gasteiger partial charge in [-0.25, -0.2) is 10.2 Å². The molecule has 2 aromatic heterocycles. The quantitative estimate of drug-likeness (QED) is 0.338. The van der Waals surface area contributed by atoms with Crippen molar-refractivity contribution in [2.24, 2.45) is 11.0 Å². The van der Waals surface area contributed by atoms with E-state index in [1.807, 2.05) is 0 Å². The van der Waals surface area contributed by atoms with Gasteiger partial charge < -0.3 is 10.1 Å². The number of rotatable bonds is 5. The fourth-order valence-corrected chi connectivity index (χ4v) is 4.48. The van der Waals surface area contributed by atoms with E-state index in [-0.39, 0.29) is 6.61 Å². The topological polar surface area (TPSA) is 110 Å². The van der Waals surface area contributed by atoms with Crippen LogP contribution in [0, 0.1) is 5.92 Å². The van der Waals surface area contributed by atoms with Crippen LogP contribution in [0.2, 0.25) is 0 Å². The van der Waals surface area contributed by atoms with Gasteiger partial charge in [0, 0.05) is 17.3 Å². The number of anilines is 1. The van der Waals surface area contributed by atoms with Crippen molar-refractivity contribution < 1.29 is 19.1 Å². The van der Waals surface area contributed by atoms with Gasteiger partial charge in [-0.3, -0.25) is 14.6 Å². The van der Waals surface area contributed by atoms with E-state index in [1.165, 1.54) is 17.6 Å². The fourth-order valence-electron chi connectivity index (χ4n) is 3.08. The van der Waals surface area contributed by atoms with Crippen molar-refractivity contribution >= 4 is 40.3 Å². The van der Waals surface area contributed by atoms with Crippen LogP contribution in [0.3, 0.4) is 0 Å². The monoisotopic (exact) mass is 414 g/mol. The third kappa shape index (κ3) is 5.05. The molecular formula is C20H22N4O4S. The van der Waals surface area contributed by atoms with E-state index in [4.69, 9.17) is 4.74 Å². The van der Waals surface area contributed by atoms with Gasteiger partial charge in [0.05, 0.1) is 18.4 Å². The number of nitrogens with one attached hydrogen (secondary N) is 2. The average Bonchev–Trinajstić information content (AvgIpc) is 3.05. The van der Waals surface area contributed by atoms with E-state index < -0.39 is 17.8 Å². The van der Waals surface area contributed by atoms with E-state index in [9.17, 15) is 14.4 Å². The SMILES string of the molecule is CCOC(=O)c1c(NC(=O)C(=O)NN=Cc2ccncc2)sc2c1CCC(C)C2. The second-order valence-corrected chi connectivity index (χ2v) is 7.82. The molecule has 0 bridgehead atoms. The van der Waals surface area contributed by atoms with Crippen LogP contribution in [-0.4, -0.2) is 35.6 Å². The van der Waals surface area contributed by atoms with E-state index in [0.717, 1.165) is 35.3 Å². The Morgan fingerprint density at radius 3 is 2.79 bits per heavy atom. The number of ether oxygens (including phenoxy) is 1. The number of hydrogen-bond acceptors (Lipinski definition) is 7. The largest absolute Gasteiger partial charge is 0.462 e. The number of esters is 1. The highest BCUT2D eigenvalue weighted by atomic mass is 32.1. The maximum absolute atomic E-state index is 12.5. The maximum Gasteiger partial charge on any atom is 0.341 e. The van der Waals surface area contributed by atoms with E-state index in [2.05, 4.69) is 27.8 Å². The lowest BCUT2D eigenvalue weighted by atomic mass is 9.88. The van der Waals surface area contributed by atoms with Gasteiger partial charge in [-0.2, -0.15) is 5.10 Å². The van der Waals surface area contributed by atoms with Crippen LogP contribution in [0.1, 0.15) is 46.6 Å². The summed E-state index contributed by atoms with van der Waals surface area (Å²) in [5.74, 6) is -1.80. The lowest BCUT2D eigenvalue weighted by molar-refractivity contribution is -0.136. The number of carbonyl (C=O) groups is 3. The third-order valence-corrected chi connectivity index (χ3v) is 5.68. The summed E-state index contributed by atoms with van der Waals surface area (Å²) in [6.07, 6.45) is 7.14. The Kier molecular flexibility index (Phi) is 6.71. The number of fused-ring (bicyclic) bond motifs is 1.